The van der Waals surface area contributed by atoms with E-state index in [1.807, 2.05) is 0 Å². The summed E-state index contributed by atoms with van der Waals surface area (Å²) in [7, 11) is 0. The van der Waals surface area contributed by atoms with E-state index in [2.05, 4.69) is 10.1 Å². The average Bonchev–Trinajstić information content (AvgIpc) is 3.34. The molecule has 0 unspecified atom stereocenters. The molecule has 9 heteroatoms. The van der Waals surface area contributed by atoms with E-state index in [1.165, 1.54) is 30.3 Å². The van der Waals surface area contributed by atoms with Crippen molar-refractivity contribution in [3.63, 3.8) is 0 Å². The van der Waals surface area contributed by atoms with Crippen LogP contribution in [-0.4, -0.2) is 54.0 Å². The lowest BCUT2D eigenvalue weighted by Gasteiger charge is -2.36. The first-order chi connectivity index (χ1) is 15.4. The minimum Gasteiger partial charge on any atom is -0.368 e. The number of carbonyl (C=O) groups excluding carboxylic acids is 3. The van der Waals surface area contributed by atoms with Crippen LogP contribution in [0.25, 0.3) is 0 Å². The first kappa shape index (κ1) is 19.9. The number of benzene rings is 2. The smallest absolute Gasteiger partial charge is 0.267 e. The molecule has 0 aliphatic carbocycles. The van der Waals surface area contributed by atoms with Gasteiger partial charge in [0.25, 0.3) is 17.7 Å². The number of nitrogens with zero attached hydrogens (tertiary/aromatic N) is 4. The zero-order chi connectivity index (χ0) is 22.4. The summed E-state index contributed by atoms with van der Waals surface area (Å²) in [5, 5.41) is 3.76. The van der Waals surface area contributed by atoms with Crippen LogP contribution in [0.4, 0.5) is 15.9 Å². The maximum Gasteiger partial charge on any atom is 0.267 e. The molecule has 32 heavy (non-hydrogen) atoms. The van der Waals surface area contributed by atoms with Crippen molar-refractivity contribution in [2.24, 2.45) is 0 Å². The highest BCUT2D eigenvalue weighted by Crippen LogP contribution is 2.29. The molecular weight excluding hydrogens is 415 g/mol. The lowest BCUT2D eigenvalue weighted by Crippen LogP contribution is -2.48. The van der Waals surface area contributed by atoms with E-state index in [0.717, 1.165) is 10.6 Å². The molecule has 8 nitrogen and oxygen atoms in total. The Labute approximate surface area is 182 Å². The fraction of sp³-hybridized carbons (Fsp3) is 0.217. The number of hydrogen-bond acceptors (Lipinski definition) is 6. The molecule has 2 aliphatic heterocycles. The molecule has 3 aromatic rings. The quantitative estimate of drug-likeness (QED) is 0.589. The summed E-state index contributed by atoms with van der Waals surface area (Å²) in [6.45, 7) is 3.87. The van der Waals surface area contributed by atoms with Crippen LogP contribution in [0.3, 0.4) is 0 Å². The number of halogens is 1. The number of rotatable bonds is 3. The highest BCUT2D eigenvalue weighted by atomic mass is 19.1. The summed E-state index contributed by atoms with van der Waals surface area (Å²) in [6, 6.07) is 12.3. The molecule has 3 amide bonds. The largest absolute Gasteiger partial charge is 0.368 e. The van der Waals surface area contributed by atoms with Gasteiger partial charge in [0.2, 0.25) is 0 Å². The van der Waals surface area contributed by atoms with Crippen molar-refractivity contribution in [3.05, 3.63) is 76.8 Å². The summed E-state index contributed by atoms with van der Waals surface area (Å²) in [6.07, 6.45) is 0. The van der Waals surface area contributed by atoms with Crippen LogP contribution < -0.4 is 9.80 Å². The fourth-order valence-electron chi connectivity index (χ4n) is 4.04. The molecule has 3 heterocycles. The Hall–Kier alpha value is -4.01. The van der Waals surface area contributed by atoms with Crippen LogP contribution in [0.5, 0.6) is 0 Å². The number of aromatic nitrogens is 1. The van der Waals surface area contributed by atoms with Gasteiger partial charge in [-0.15, -0.1) is 0 Å². The molecule has 0 saturated carbocycles. The van der Waals surface area contributed by atoms with Gasteiger partial charge in [0.1, 0.15) is 11.6 Å². The second-order valence-electron chi connectivity index (χ2n) is 7.76. The van der Waals surface area contributed by atoms with Crippen LogP contribution in [0, 0.1) is 12.7 Å². The van der Waals surface area contributed by atoms with Gasteiger partial charge >= 0.3 is 0 Å². The zero-order valence-electron chi connectivity index (χ0n) is 17.2. The standard InChI is InChI=1S/C23H19FN4O4/c1-14-12-20(25-32-14)28-22(30)18-7-2-15(13-19(18)23(28)31)21(29)27-10-8-26(9-11-27)17-5-3-16(24)4-6-17/h2-7,12-13H,8-11H2,1H3. The molecule has 5 rings (SSSR count). The summed E-state index contributed by atoms with van der Waals surface area (Å²) in [5.74, 6) is -0.919. The van der Waals surface area contributed by atoms with Crippen molar-refractivity contribution in [2.75, 3.05) is 36.0 Å². The number of imide groups is 1. The Morgan fingerprint density at radius 3 is 2.28 bits per heavy atom. The lowest BCUT2D eigenvalue weighted by molar-refractivity contribution is 0.0746. The van der Waals surface area contributed by atoms with E-state index in [9.17, 15) is 18.8 Å². The molecule has 0 spiro atoms. The van der Waals surface area contributed by atoms with Crippen LogP contribution in [0.2, 0.25) is 0 Å². The summed E-state index contributed by atoms with van der Waals surface area (Å²) in [5.41, 5.74) is 1.65. The molecule has 0 bridgehead atoms. The van der Waals surface area contributed by atoms with Gasteiger partial charge in [0, 0.05) is 43.5 Å². The molecule has 0 radical (unpaired) electrons. The van der Waals surface area contributed by atoms with Gasteiger partial charge in [-0.2, -0.15) is 0 Å². The summed E-state index contributed by atoms with van der Waals surface area (Å²) in [4.78, 5) is 43.4. The topological polar surface area (TPSA) is 87.0 Å². The van der Waals surface area contributed by atoms with Crippen molar-refractivity contribution in [1.82, 2.24) is 10.1 Å². The second-order valence-corrected chi connectivity index (χ2v) is 7.76. The first-order valence-corrected chi connectivity index (χ1v) is 10.2. The zero-order valence-corrected chi connectivity index (χ0v) is 17.2. The SMILES string of the molecule is Cc1cc(N2C(=O)c3ccc(C(=O)N4CCN(c5ccc(F)cc5)CC4)cc3C2=O)no1. The molecule has 2 aliphatic rings. The monoisotopic (exact) mass is 434 g/mol. The predicted octanol–water partition coefficient (Wildman–Crippen LogP) is 2.89. The molecule has 0 N–H and O–H groups in total. The van der Waals surface area contributed by atoms with Gasteiger partial charge in [0.05, 0.1) is 11.1 Å². The maximum atomic E-state index is 13.2. The summed E-state index contributed by atoms with van der Waals surface area (Å²) < 4.78 is 18.1. The van der Waals surface area contributed by atoms with Crippen molar-refractivity contribution in [3.8, 4) is 0 Å². The normalized spacial score (nSPS) is 16.0. The highest BCUT2D eigenvalue weighted by molar-refractivity contribution is 6.34. The third-order valence-corrected chi connectivity index (χ3v) is 5.74. The molecule has 162 valence electrons. The van der Waals surface area contributed by atoms with Gasteiger partial charge in [-0.3, -0.25) is 14.4 Å². The van der Waals surface area contributed by atoms with Gasteiger partial charge in [0.15, 0.2) is 5.82 Å². The number of aryl methyl sites for hydroxylation is 1. The number of piperazine rings is 1. The average molecular weight is 434 g/mol. The number of hydrogen-bond donors (Lipinski definition) is 0. The molecule has 1 fully saturated rings. The Kier molecular flexibility index (Phi) is 4.73. The molecule has 1 aromatic heterocycles. The van der Waals surface area contributed by atoms with Crippen LogP contribution >= 0.6 is 0 Å². The Morgan fingerprint density at radius 1 is 0.938 bits per heavy atom. The Morgan fingerprint density at radius 2 is 1.62 bits per heavy atom. The molecule has 2 aromatic carbocycles. The van der Waals surface area contributed by atoms with E-state index in [1.54, 1.807) is 30.0 Å². The molecular formula is C23H19FN4O4. The molecule has 0 atom stereocenters. The maximum absolute atomic E-state index is 13.2. The highest BCUT2D eigenvalue weighted by Gasteiger charge is 2.39. The Balaban J connectivity index is 1.31. The van der Waals surface area contributed by atoms with Crippen LogP contribution in [0.1, 0.15) is 36.8 Å². The van der Waals surface area contributed by atoms with E-state index in [-0.39, 0.29) is 28.7 Å². The minimum atomic E-state index is -0.533. The van der Waals surface area contributed by atoms with Gasteiger partial charge in [-0.05, 0) is 49.4 Å². The van der Waals surface area contributed by atoms with E-state index < -0.39 is 11.8 Å². The van der Waals surface area contributed by atoms with Gasteiger partial charge in [-0.25, -0.2) is 9.29 Å². The van der Waals surface area contributed by atoms with Crippen molar-refractivity contribution in [1.29, 1.82) is 0 Å². The second kappa shape index (κ2) is 7.60. The summed E-state index contributed by atoms with van der Waals surface area (Å²) >= 11 is 0. The van der Waals surface area contributed by atoms with Crippen molar-refractivity contribution >= 4 is 29.2 Å². The minimum absolute atomic E-state index is 0.124. The first-order valence-electron chi connectivity index (χ1n) is 10.2. The van der Waals surface area contributed by atoms with Crippen molar-refractivity contribution < 1.29 is 23.3 Å². The van der Waals surface area contributed by atoms with Gasteiger partial charge < -0.3 is 14.3 Å². The van der Waals surface area contributed by atoms with Crippen LogP contribution in [0.15, 0.2) is 53.1 Å². The molecule has 1 saturated heterocycles. The lowest BCUT2D eigenvalue weighted by atomic mass is 10.0. The van der Waals surface area contributed by atoms with Gasteiger partial charge in [-0.1, -0.05) is 5.16 Å². The number of amides is 3. The predicted molar refractivity (Wildman–Crippen MR) is 113 cm³/mol. The van der Waals surface area contributed by atoms with Crippen molar-refractivity contribution in [2.45, 2.75) is 6.92 Å². The Bertz CT molecular complexity index is 1230. The van der Waals surface area contributed by atoms with Crippen LogP contribution in [-0.2, 0) is 0 Å². The third-order valence-electron chi connectivity index (χ3n) is 5.74. The number of anilines is 2. The number of fused-ring (bicyclic) bond motifs is 1. The van der Waals surface area contributed by atoms with E-state index in [4.69, 9.17) is 4.52 Å². The van der Waals surface area contributed by atoms with E-state index >= 15 is 0 Å². The number of carbonyl (C=O) groups is 3. The third kappa shape index (κ3) is 3.31. The van der Waals surface area contributed by atoms with E-state index in [0.29, 0.717) is 37.5 Å². The fourth-order valence-corrected chi connectivity index (χ4v) is 4.04.